The normalized spacial score (nSPS) is 18.4. The van der Waals surface area contributed by atoms with Gasteiger partial charge in [0, 0.05) is 23.4 Å². The second-order valence-electron chi connectivity index (χ2n) is 16.8. The third-order valence-corrected chi connectivity index (χ3v) is 12.2. The number of benzene rings is 3. The molecule has 59 heavy (non-hydrogen) atoms. The number of hydrogen-bond acceptors (Lipinski definition) is 12. The number of aliphatic hydroxyl groups excluding tert-OH is 3. The average Bonchev–Trinajstić information content (AvgIpc) is 3.63. The van der Waals surface area contributed by atoms with Gasteiger partial charge in [-0.2, -0.15) is 0 Å². The molecule has 0 spiro atoms. The highest BCUT2D eigenvalue weighted by Gasteiger charge is 2.46. The summed E-state index contributed by atoms with van der Waals surface area (Å²) in [5.74, 6) is -4.70. The molecule has 1 amide bonds. The van der Waals surface area contributed by atoms with Gasteiger partial charge in [-0.25, -0.2) is 4.98 Å². The number of H-pyrrole nitrogens is 1. The highest BCUT2D eigenvalue weighted by Crippen LogP contribution is 2.40. The molecule has 14 heteroatoms. The minimum atomic E-state index is -1.81. The van der Waals surface area contributed by atoms with Crippen molar-refractivity contribution in [3.8, 4) is 11.5 Å². The number of imidazole rings is 1. The highest BCUT2D eigenvalue weighted by atomic mass is 16.5. The summed E-state index contributed by atoms with van der Waals surface area (Å²) in [6, 6.07) is 11.2. The summed E-state index contributed by atoms with van der Waals surface area (Å²) in [6.07, 6.45) is -0.0610. The molecule has 0 saturated heterocycles. The Labute approximate surface area is 345 Å². The molecule has 1 aromatic heterocycles. The van der Waals surface area contributed by atoms with Gasteiger partial charge in [-0.05, 0) is 55.9 Å². The molecule has 4 aromatic rings. The van der Waals surface area contributed by atoms with E-state index < -0.39 is 71.5 Å². The number of Topliss-reactive ketones (excluding diaryl/α,β-unsaturated/α-hetero) is 3. The van der Waals surface area contributed by atoms with Gasteiger partial charge >= 0.3 is 0 Å². The predicted octanol–water partition coefficient (Wildman–Crippen LogP) is 4.68. The number of nitrogens with one attached hydrogen (secondary N) is 2. The predicted molar refractivity (Wildman–Crippen MR) is 227 cm³/mol. The molecule has 14 nitrogen and oxygen atoms in total. The zero-order valence-corrected chi connectivity index (χ0v) is 35.0. The number of nitrogens with zero attached hydrogens (tertiary/aromatic N) is 1. The number of fused-ring (bicyclic) bond motifs is 2. The van der Waals surface area contributed by atoms with Gasteiger partial charge in [0.25, 0.3) is 0 Å². The Morgan fingerprint density at radius 3 is 2.17 bits per heavy atom. The Kier molecular flexibility index (Phi) is 15.2. The van der Waals surface area contributed by atoms with Crippen LogP contribution < -0.4 is 27.3 Å². The number of hydrogen-bond donors (Lipinski definition) is 8. The summed E-state index contributed by atoms with van der Waals surface area (Å²) < 4.78 is 6.58. The van der Waals surface area contributed by atoms with Crippen LogP contribution in [0.25, 0.3) is 21.8 Å². The van der Waals surface area contributed by atoms with Crippen molar-refractivity contribution in [1.82, 2.24) is 15.3 Å². The van der Waals surface area contributed by atoms with Crippen LogP contribution in [0.4, 0.5) is 0 Å². The van der Waals surface area contributed by atoms with E-state index in [4.69, 9.17) is 21.9 Å². The summed E-state index contributed by atoms with van der Waals surface area (Å²) in [4.78, 5) is 63.5. The Hall–Kier alpha value is -4.57. The quantitative estimate of drug-likeness (QED) is 0.0601. The molecule has 1 saturated carbocycles. The van der Waals surface area contributed by atoms with Crippen LogP contribution in [-0.2, 0) is 16.1 Å². The smallest absolute Gasteiger partial charge is 0.237 e. The van der Waals surface area contributed by atoms with Crippen LogP contribution in [0, 0.1) is 29.6 Å². The number of ether oxygens (including phenoxy) is 1. The number of amides is 1. The molecule has 11 N–H and O–H groups in total. The summed E-state index contributed by atoms with van der Waals surface area (Å²) >= 11 is 0. The first kappa shape index (κ1) is 45.5. The van der Waals surface area contributed by atoms with Gasteiger partial charge in [-0.3, -0.25) is 19.2 Å². The zero-order valence-electron chi connectivity index (χ0n) is 35.0. The SMILES string of the molecule is CC[C@@H](C)[C@@H](N)C(=O)NCc1nc2c(C(C)=O)c(C(=O)C(C(C)C)C(O)C(O)C(N)C(C(=O)[C@@H](N)[C@@H](C)O)C3CCCCC3)c(Oc3cccc4ccccc34)cc2[nH]1. The van der Waals surface area contributed by atoms with Gasteiger partial charge in [0.1, 0.15) is 22.8 Å². The molecule has 5 rings (SSSR count). The molecular weight excluding hydrogens is 753 g/mol. The van der Waals surface area contributed by atoms with Crippen LogP contribution in [0.2, 0.25) is 0 Å². The van der Waals surface area contributed by atoms with Crippen LogP contribution in [0.1, 0.15) is 107 Å². The molecule has 1 heterocycles. The van der Waals surface area contributed by atoms with Gasteiger partial charge in [0.2, 0.25) is 5.91 Å². The van der Waals surface area contributed by atoms with Crippen molar-refractivity contribution in [3.63, 3.8) is 0 Å². The molecule has 1 aliphatic carbocycles. The Morgan fingerprint density at radius 1 is 0.881 bits per heavy atom. The minimum absolute atomic E-state index is 0.00288. The van der Waals surface area contributed by atoms with Crippen molar-refractivity contribution in [2.75, 3.05) is 0 Å². The number of aromatic amines is 1. The lowest BCUT2D eigenvalue weighted by molar-refractivity contribution is -0.132. The van der Waals surface area contributed by atoms with Crippen LogP contribution >= 0.6 is 0 Å². The monoisotopic (exact) mass is 814 g/mol. The van der Waals surface area contributed by atoms with E-state index in [1.54, 1.807) is 32.0 Å². The van der Waals surface area contributed by atoms with Crippen molar-refractivity contribution in [1.29, 1.82) is 0 Å². The van der Waals surface area contributed by atoms with Crippen LogP contribution in [0.15, 0.2) is 48.5 Å². The van der Waals surface area contributed by atoms with Crippen molar-refractivity contribution in [2.24, 2.45) is 46.8 Å². The first-order valence-electron chi connectivity index (χ1n) is 20.9. The van der Waals surface area contributed by atoms with E-state index in [0.717, 1.165) is 30.0 Å². The minimum Gasteiger partial charge on any atom is -0.456 e. The van der Waals surface area contributed by atoms with Crippen molar-refractivity contribution in [3.05, 3.63) is 65.5 Å². The van der Waals surface area contributed by atoms with Gasteiger partial charge in [-0.1, -0.05) is 89.8 Å². The molecule has 0 bridgehead atoms. The largest absolute Gasteiger partial charge is 0.456 e. The lowest BCUT2D eigenvalue weighted by atomic mass is 9.69. The maximum absolute atomic E-state index is 15.2. The number of rotatable bonds is 19. The van der Waals surface area contributed by atoms with E-state index in [1.165, 1.54) is 13.8 Å². The summed E-state index contributed by atoms with van der Waals surface area (Å²) in [7, 11) is 0. The maximum Gasteiger partial charge on any atom is 0.237 e. The fourth-order valence-corrected chi connectivity index (χ4v) is 8.49. The second kappa shape index (κ2) is 19.7. The fourth-order valence-electron chi connectivity index (χ4n) is 8.49. The lowest BCUT2D eigenvalue weighted by Crippen LogP contribution is -2.58. The van der Waals surface area contributed by atoms with Crippen LogP contribution in [0.5, 0.6) is 11.5 Å². The molecule has 0 aliphatic heterocycles. The van der Waals surface area contributed by atoms with E-state index in [2.05, 4.69) is 15.3 Å². The summed E-state index contributed by atoms with van der Waals surface area (Å²) in [5.41, 5.74) is 19.3. The zero-order chi connectivity index (χ0) is 43.3. The lowest BCUT2D eigenvalue weighted by Gasteiger charge is -2.39. The highest BCUT2D eigenvalue weighted by molar-refractivity contribution is 6.17. The Bertz CT molecular complexity index is 2120. The molecular formula is C45H62N6O8. The maximum atomic E-state index is 15.2. The van der Waals surface area contributed by atoms with Crippen LogP contribution in [0.3, 0.4) is 0 Å². The van der Waals surface area contributed by atoms with E-state index >= 15 is 4.79 Å². The first-order valence-corrected chi connectivity index (χ1v) is 20.9. The molecule has 0 radical (unpaired) electrons. The number of aliphatic hydroxyl groups is 3. The first-order chi connectivity index (χ1) is 28.0. The van der Waals surface area contributed by atoms with E-state index in [0.29, 0.717) is 36.4 Å². The van der Waals surface area contributed by atoms with Gasteiger partial charge in [-0.15, -0.1) is 0 Å². The number of aromatic nitrogens is 2. The fraction of sp³-hybridized carbons (Fsp3) is 0.533. The molecule has 3 aromatic carbocycles. The van der Waals surface area contributed by atoms with E-state index in [1.807, 2.05) is 44.2 Å². The summed E-state index contributed by atoms with van der Waals surface area (Å²) in [6.45, 7) is 9.90. The van der Waals surface area contributed by atoms with Crippen molar-refractivity contribution < 1.29 is 39.2 Å². The molecule has 320 valence electrons. The number of carbonyl (C=O) groups is 4. The third-order valence-electron chi connectivity index (χ3n) is 12.2. The van der Waals surface area contributed by atoms with Gasteiger partial charge in [0.15, 0.2) is 17.3 Å². The topological polar surface area (TPSA) is 257 Å². The van der Waals surface area contributed by atoms with Gasteiger partial charge < -0.3 is 47.6 Å². The molecule has 9 atom stereocenters. The molecule has 1 fully saturated rings. The number of carbonyl (C=O) groups excluding carboxylic acids is 4. The summed E-state index contributed by atoms with van der Waals surface area (Å²) in [5, 5.41) is 38.6. The van der Waals surface area contributed by atoms with Crippen LogP contribution in [-0.4, -0.2) is 85.0 Å². The number of ketones is 3. The van der Waals surface area contributed by atoms with Crippen molar-refractivity contribution in [2.45, 2.75) is 123 Å². The van der Waals surface area contributed by atoms with E-state index in [9.17, 15) is 29.7 Å². The Morgan fingerprint density at radius 2 is 1.54 bits per heavy atom. The number of nitrogens with two attached hydrogens (primary N) is 3. The van der Waals surface area contributed by atoms with Gasteiger partial charge in [0.05, 0.1) is 59.5 Å². The second-order valence-corrected chi connectivity index (χ2v) is 16.8. The average molecular weight is 815 g/mol. The van der Waals surface area contributed by atoms with E-state index in [-0.39, 0.29) is 46.7 Å². The molecule has 5 unspecified atom stereocenters. The molecule has 1 aliphatic rings. The standard InChI is InChI=1S/C45H62N6O8/c1-7-23(4)37(46)45(58)49-21-32-50-29-20-31(59-30-19-13-17-26-14-11-12-18-28(26)30)36(34(24(5)52)40(29)51-32)41(54)33(22(2)3)43(56)44(57)39(48)35(27-15-9-8-10-16-27)42(55)38(47)25(6)53/h11-14,17-20,22-23,25,27,33,35,37-39,43-44,53,56-57H,7-10,15-16,21,46-48H2,1-6H3,(H,49,58)(H,50,51)/t23-,25-,33?,35?,37-,38+,39?,43?,44?/m1/s1. The Balaban J connectivity index is 1.62. The third kappa shape index (κ3) is 9.91. The van der Waals surface area contributed by atoms with Crippen molar-refractivity contribution >= 4 is 45.1 Å².